The Morgan fingerprint density at radius 2 is 1.73 bits per heavy atom. The van der Waals surface area contributed by atoms with E-state index in [1.54, 1.807) is 0 Å². The third-order valence-electron chi connectivity index (χ3n) is 5.09. The second kappa shape index (κ2) is 11.1. The number of amides is 1. The average Bonchev–Trinajstić information content (AvgIpc) is 3.07. The first kappa shape index (κ1) is 22.3. The zero-order chi connectivity index (χ0) is 21.3. The Kier molecular flexibility index (Phi) is 8.25. The van der Waals surface area contributed by atoms with Crippen molar-refractivity contribution >= 4 is 31.0 Å². The molecule has 3 N–H and O–H groups in total. The number of rotatable bonds is 10. The Morgan fingerprint density at radius 3 is 2.33 bits per heavy atom. The summed E-state index contributed by atoms with van der Waals surface area (Å²) in [6.45, 7) is 0.687. The number of alkyl carbamates (subject to hydrolysis) is 1. The normalized spacial score (nSPS) is 13.1. The molecule has 7 nitrogen and oxygen atoms in total. The number of aliphatic carboxylic acids is 1. The molecule has 1 aliphatic rings. The van der Waals surface area contributed by atoms with Crippen LogP contribution in [0.4, 0.5) is 4.79 Å². The van der Waals surface area contributed by atoms with Gasteiger partial charge >= 0.3 is 110 Å². The van der Waals surface area contributed by atoms with Gasteiger partial charge in [-0.25, -0.2) is 0 Å². The minimum atomic E-state index is -0.970. The zero-order valence-corrected chi connectivity index (χ0v) is 18.0. The number of carbonyl (C=O) groups excluding carboxylic acids is 1. The van der Waals surface area contributed by atoms with Gasteiger partial charge in [0.2, 0.25) is 0 Å². The second-order valence-electron chi connectivity index (χ2n) is 6.95. The van der Waals surface area contributed by atoms with Crippen LogP contribution in [0.15, 0.2) is 53.4 Å². The number of nitrogens with one attached hydrogen (secondary N) is 2. The molecule has 1 amide bonds. The average molecular weight is 444 g/mol. The molecule has 1 unspecified atom stereocenters. The van der Waals surface area contributed by atoms with Crippen LogP contribution in [0.3, 0.4) is 0 Å². The summed E-state index contributed by atoms with van der Waals surface area (Å²) in [4.78, 5) is 26.9. The monoisotopic (exact) mass is 444 g/mol. The predicted molar refractivity (Wildman–Crippen MR) is 118 cm³/mol. The van der Waals surface area contributed by atoms with Gasteiger partial charge in [-0.3, -0.25) is 0 Å². The van der Waals surface area contributed by atoms with Crippen LogP contribution in [0, 0.1) is 0 Å². The number of benzene rings is 2. The maximum atomic E-state index is 12.1. The van der Waals surface area contributed by atoms with Gasteiger partial charge < -0.3 is 0 Å². The van der Waals surface area contributed by atoms with Gasteiger partial charge in [0.05, 0.1) is 0 Å². The Hall–Kier alpha value is -2.41. The number of carboxylic acids is 1. The molecule has 0 aliphatic heterocycles. The molecule has 0 fully saturated rings. The molecule has 0 saturated carbocycles. The van der Waals surface area contributed by atoms with E-state index in [4.69, 9.17) is 9.84 Å². The molecule has 1 aliphatic carbocycles. The summed E-state index contributed by atoms with van der Waals surface area (Å²) in [5, 5.41) is 11.8. The third-order valence-corrected chi connectivity index (χ3v) is 5.53. The van der Waals surface area contributed by atoms with Crippen molar-refractivity contribution in [2.45, 2.75) is 31.2 Å². The summed E-state index contributed by atoms with van der Waals surface area (Å²) in [6, 6.07) is 15.6. The molecule has 0 bridgehead atoms. The zero-order valence-electron chi connectivity index (χ0n) is 16.3. The quantitative estimate of drug-likeness (QED) is 0.288. The van der Waals surface area contributed by atoms with E-state index in [0.717, 1.165) is 0 Å². The SMILES string of the molecule is O=C(NCCCCC(NN=[P+]=S)C(=O)O)OCC1c2ccccc2-c2ccccc21. The summed E-state index contributed by atoms with van der Waals surface area (Å²) < 4.78 is 5.47. The van der Waals surface area contributed by atoms with E-state index in [1.165, 1.54) is 22.3 Å². The molecule has 0 radical (unpaired) electrons. The van der Waals surface area contributed by atoms with Crippen LogP contribution in [0.2, 0.25) is 0 Å². The summed E-state index contributed by atoms with van der Waals surface area (Å²) in [6.07, 6.45) is 1.19. The number of hydrogen-bond donors (Lipinski definition) is 3. The van der Waals surface area contributed by atoms with Gasteiger partial charge in [-0.15, -0.1) is 0 Å². The fraction of sp³-hybridized carbons (Fsp3) is 0.333. The van der Waals surface area contributed by atoms with Crippen molar-refractivity contribution in [2.75, 3.05) is 13.2 Å². The first-order chi connectivity index (χ1) is 14.6. The van der Waals surface area contributed by atoms with Crippen molar-refractivity contribution in [3.8, 4) is 11.1 Å². The van der Waals surface area contributed by atoms with Crippen LogP contribution in [0.25, 0.3) is 11.1 Å². The molecule has 3 rings (SSSR count). The number of nitrogens with zero attached hydrogens (tertiary/aromatic N) is 1. The van der Waals surface area contributed by atoms with Crippen LogP contribution in [-0.4, -0.2) is 36.4 Å². The van der Waals surface area contributed by atoms with E-state index in [1.807, 2.05) is 24.3 Å². The van der Waals surface area contributed by atoms with Crippen LogP contribution < -0.4 is 10.7 Å². The van der Waals surface area contributed by atoms with Gasteiger partial charge in [-0.05, 0) is 22.3 Å². The first-order valence-electron chi connectivity index (χ1n) is 9.71. The van der Waals surface area contributed by atoms with Crippen LogP contribution in [0.5, 0.6) is 0 Å². The molecule has 1 atom stereocenters. The van der Waals surface area contributed by atoms with E-state index < -0.39 is 18.1 Å². The third kappa shape index (κ3) is 5.59. The van der Waals surface area contributed by atoms with Gasteiger partial charge in [-0.2, -0.15) is 0 Å². The van der Waals surface area contributed by atoms with E-state index in [0.29, 0.717) is 33.0 Å². The fourth-order valence-corrected chi connectivity index (χ4v) is 3.98. The summed E-state index contributed by atoms with van der Waals surface area (Å²) in [5.74, 6) is -0.945. The molecule has 30 heavy (non-hydrogen) atoms. The second-order valence-corrected chi connectivity index (χ2v) is 7.80. The van der Waals surface area contributed by atoms with Crippen LogP contribution in [-0.2, 0) is 21.3 Å². The maximum absolute atomic E-state index is 12.1. The molecule has 2 aromatic carbocycles. The van der Waals surface area contributed by atoms with Gasteiger partial charge in [0.15, 0.2) is 0 Å². The fourth-order valence-electron chi connectivity index (χ4n) is 3.65. The number of fused-ring (bicyclic) bond motifs is 3. The van der Waals surface area contributed by atoms with E-state index >= 15 is 0 Å². The number of carbonyl (C=O) groups is 2. The van der Waals surface area contributed by atoms with Gasteiger partial charge in [0.25, 0.3) is 0 Å². The van der Waals surface area contributed by atoms with Crippen molar-refractivity contribution in [3.05, 3.63) is 59.7 Å². The minimum Gasteiger partial charge on any atom is -0.0619 e. The van der Waals surface area contributed by atoms with E-state index in [2.05, 4.69) is 51.7 Å². The van der Waals surface area contributed by atoms with Crippen LogP contribution in [0.1, 0.15) is 36.3 Å². The molecule has 0 saturated heterocycles. The molecular weight excluding hydrogens is 421 g/mol. The molecule has 9 heteroatoms. The first-order valence-corrected chi connectivity index (χ1v) is 11.6. The number of ether oxygens (including phenoxy) is 1. The number of hydrogen-bond acceptors (Lipinski definition) is 5. The Bertz CT molecular complexity index is 919. The Labute approximate surface area is 181 Å². The smallest absolute Gasteiger partial charge is 0.0619 e. The number of carboxylic acid groups (broad SMARTS) is 1. The standard InChI is InChI=1S/C21H22N3O4PS/c25-20(26)19(23-24-29-30)11-5-6-12-22-21(27)28-13-18-16-9-3-1-7-14(16)15-8-2-4-10-17(15)18/h1-4,7-10,18-19,23H,5-6,11-13H2,(H-,22,25,26,27)/p+1. The topological polar surface area (TPSA) is 100 Å². The molecule has 0 spiro atoms. The number of unbranched alkanes of at least 4 members (excludes halogenated alkanes) is 1. The summed E-state index contributed by atoms with van der Waals surface area (Å²) in [7, 11) is 0.324. The van der Waals surface area contributed by atoms with E-state index in [-0.39, 0.29) is 12.5 Å². The predicted octanol–water partition coefficient (Wildman–Crippen LogP) is 4.24. The molecule has 0 heterocycles. The van der Waals surface area contributed by atoms with Crippen molar-refractivity contribution in [1.29, 1.82) is 0 Å². The van der Waals surface area contributed by atoms with Gasteiger partial charge in [0, 0.05) is 0 Å². The summed E-state index contributed by atoms with van der Waals surface area (Å²) in [5.41, 5.74) is 7.24. The van der Waals surface area contributed by atoms with Crippen molar-refractivity contribution in [2.24, 2.45) is 4.85 Å². The van der Waals surface area contributed by atoms with Crippen LogP contribution >= 0.6 is 7.15 Å². The van der Waals surface area contributed by atoms with E-state index in [9.17, 15) is 9.59 Å². The van der Waals surface area contributed by atoms with Crippen molar-refractivity contribution in [3.63, 3.8) is 0 Å². The minimum absolute atomic E-state index is 0.0259. The molecule has 0 aromatic heterocycles. The van der Waals surface area contributed by atoms with Crippen molar-refractivity contribution < 1.29 is 19.4 Å². The summed E-state index contributed by atoms with van der Waals surface area (Å²) >= 11 is 4.64. The van der Waals surface area contributed by atoms with Gasteiger partial charge in [-0.1, -0.05) is 48.5 Å². The molecule has 156 valence electrons. The van der Waals surface area contributed by atoms with Gasteiger partial charge in [0.1, 0.15) is 0 Å². The molecular formula is C21H23N3O4PS+. The Morgan fingerprint density at radius 1 is 1.10 bits per heavy atom. The Balaban J connectivity index is 1.43. The van der Waals surface area contributed by atoms with Crippen molar-refractivity contribution in [1.82, 2.24) is 10.7 Å². The molecule has 2 aromatic rings.